The molecule has 0 saturated carbocycles. The maximum Gasteiger partial charge on any atom is 0.272 e. The first kappa shape index (κ1) is 19.4. The molecule has 0 aromatic heterocycles. The maximum atomic E-state index is 12.8. The van der Waals surface area contributed by atoms with Gasteiger partial charge in [-0.05, 0) is 45.0 Å². The van der Waals surface area contributed by atoms with Crippen molar-refractivity contribution < 1.29 is 14.5 Å². The predicted octanol–water partition coefficient (Wildman–Crippen LogP) is 3.83. The van der Waals surface area contributed by atoms with Crippen LogP contribution in [0.2, 0.25) is 5.02 Å². The molecule has 0 heterocycles. The Morgan fingerprint density at radius 3 is 2.15 bits per heavy atom. The average molecular weight is 376 g/mol. The Hall–Kier alpha value is -2.93. The standard InChI is InChI=1S/C18H18ClN3O4/c1-18(2,3)21(20-16(23)14-6-4-5-7-15(14)19)17(24)12-8-10-13(11-9-12)22(25)26/h4-11H,1-3H3,(H,20,23). The van der Waals surface area contributed by atoms with Gasteiger partial charge in [0.1, 0.15) is 0 Å². The van der Waals surface area contributed by atoms with E-state index in [-0.39, 0.29) is 21.8 Å². The fourth-order valence-electron chi connectivity index (χ4n) is 2.19. The van der Waals surface area contributed by atoms with E-state index in [4.69, 9.17) is 11.6 Å². The first-order chi connectivity index (χ1) is 12.1. The van der Waals surface area contributed by atoms with Crippen molar-refractivity contribution in [3.8, 4) is 0 Å². The summed E-state index contributed by atoms with van der Waals surface area (Å²) >= 11 is 6.03. The van der Waals surface area contributed by atoms with Crippen molar-refractivity contribution in [2.75, 3.05) is 0 Å². The number of nitro benzene ring substituents is 1. The molecular weight excluding hydrogens is 358 g/mol. The Morgan fingerprint density at radius 2 is 1.65 bits per heavy atom. The van der Waals surface area contributed by atoms with Crippen LogP contribution >= 0.6 is 11.6 Å². The molecule has 2 amide bonds. The molecule has 2 aromatic rings. The van der Waals surface area contributed by atoms with E-state index in [2.05, 4.69) is 5.43 Å². The van der Waals surface area contributed by atoms with Crippen LogP contribution < -0.4 is 5.43 Å². The monoisotopic (exact) mass is 375 g/mol. The van der Waals surface area contributed by atoms with E-state index in [0.29, 0.717) is 0 Å². The number of carbonyl (C=O) groups excluding carboxylic acids is 2. The van der Waals surface area contributed by atoms with Gasteiger partial charge in [-0.2, -0.15) is 0 Å². The summed E-state index contributed by atoms with van der Waals surface area (Å²) in [5.41, 5.74) is 2.16. The number of hydrogen-bond acceptors (Lipinski definition) is 4. The van der Waals surface area contributed by atoms with Crippen molar-refractivity contribution in [2.24, 2.45) is 0 Å². The van der Waals surface area contributed by atoms with E-state index in [1.165, 1.54) is 29.3 Å². The smallest absolute Gasteiger partial charge is 0.267 e. The highest BCUT2D eigenvalue weighted by atomic mass is 35.5. The van der Waals surface area contributed by atoms with Gasteiger partial charge in [-0.15, -0.1) is 0 Å². The lowest BCUT2D eigenvalue weighted by Crippen LogP contribution is -2.55. The molecule has 0 spiro atoms. The largest absolute Gasteiger partial charge is 0.272 e. The average Bonchev–Trinajstić information content (AvgIpc) is 2.58. The molecule has 136 valence electrons. The molecule has 1 N–H and O–H groups in total. The number of benzene rings is 2. The number of hydrogen-bond donors (Lipinski definition) is 1. The minimum absolute atomic E-state index is 0.121. The Balaban J connectivity index is 2.30. The normalized spacial score (nSPS) is 10.9. The summed E-state index contributed by atoms with van der Waals surface area (Å²) in [5.74, 6) is -1.02. The SMILES string of the molecule is CC(C)(C)N(NC(=O)c1ccccc1Cl)C(=O)c1ccc([N+](=O)[O-])cc1. The molecule has 0 radical (unpaired) electrons. The van der Waals surface area contributed by atoms with E-state index in [1.807, 2.05) is 0 Å². The van der Waals surface area contributed by atoms with Gasteiger partial charge in [-0.1, -0.05) is 23.7 Å². The molecule has 0 fully saturated rings. The van der Waals surface area contributed by atoms with Gasteiger partial charge in [0.25, 0.3) is 17.5 Å². The molecule has 0 unspecified atom stereocenters. The molecule has 0 aliphatic heterocycles. The number of nitro groups is 1. The van der Waals surface area contributed by atoms with E-state index < -0.39 is 22.3 Å². The maximum absolute atomic E-state index is 12.8. The van der Waals surface area contributed by atoms with Gasteiger partial charge in [0.2, 0.25) is 0 Å². The minimum Gasteiger partial charge on any atom is -0.267 e. The topological polar surface area (TPSA) is 92.6 Å². The van der Waals surface area contributed by atoms with Crippen LogP contribution in [0.4, 0.5) is 5.69 Å². The second kappa shape index (κ2) is 7.53. The third-order valence-corrected chi connectivity index (χ3v) is 3.86. The van der Waals surface area contributed by atoms with Crippen LogP contribution in [0.1, 0.15) is 41.5 Å². The molecule has 0 aliphatic rings. The van der Waals surface area contributed by atoms with Crippen molar-refractivity contribution in [3.05, 3.63) is 74.8 Å². The summed E-state index contributed by atoms with van der Waals surface area (Å²) in [4.78, 5) is 35.6. The lowest BCUT2D eigenvalue weighted by Gasteiger charge is -2.35. The summed E-state index contributed by atoms with van der Waals surface area (Å²) in [6, 6.07) is 11.7. The molecule has 0 saturated heterocycles. The molecule has 7 nitrogen and oxygen atoms in total. The molecule has 26 heavy (non-hydrogen) atoms. The van der Waals surface area contributed by atoms with Gasteiger partial charge in [0.15, 0.2) is 0 Å². The minimum atomic E-state index is -0.740. The van der Waals surface area contributed by atoms with Gasteiger partial charge < -0.3 is 0 Å². The summed E-state index contributed by atoms with van der Waals surface area (Å²) in [7, 11) is 0. The molecule has 0 atom stereocenters. The Labute approximate surface area is 155 Å². The molecule has 2 rings (SSSR count). The zero-order valence-electron chi connectivity index (χ0n) is 14.5. The van der Waals surface area contributed by atoms with Crippen LogP contribution in [-0.2, 0) is 0 Å². The third-order valence-electron chi connectivity index (χ3n) is 3.53. The second-order valence-corrected chi connectivity index (χ2v) is 6.94. The summed E-state index contributed by atoms with van der Waals surface area (Å²) < 4.78 is 0. The zero-order chi connectivity index (χ0) is 19.5. The van der Waals surface area contributed by atoms with E-state index >= 15 is 0 Å². The summed E-state index contributed by atoms with van der Waals surface area (Å²) in [6.45, 7) is 5.26. The quantitative estimate of drug-likeness (QED) is 0.651. The first-order valence-electron chi connectivity index (χ1n) is 7.76. The zero-order valence-corrected chi connectivity index (χ0v) is 15.3. The molecular formula is C18H18ClN3O4. The highest BCUT2D eigenvalue weighted by Crippen LogP contribution is 2.20. The highest BCUT2D eigenvalue weighted by molar-refractivity contribution is 6.33. The molecule has 2 aromatic carbocycles. The number of amides is 2. The van der Waals surface area contributed by atoms with Gasteiger partial charge >= 0.3 is 0 Å². The van der Waals surface area contributed by atoms with Crippen molar-refractivity contribution in [2.45, 2.75) is 26.3 Å². The number of non-ortho nitro benzene ring substituents is 1. The van der Waals surface area contributed by atoms with Crippen molar-refractivity contribution in [1.82, 2.24) is 10.4 Å². The van der Waals surface area contributed by atoms with E-state index in [1.54, 1.807) is 45.0 Å². The van der Waals surface area contributed by atoms with E-state index in [0.717, 1.165) is 0 Å². The molecule has 0 bridgehead atoms. The fraction of sp³-hybridized carbons (Fsp3) is 0.222. The van der Waals surface area contributed by atoms with Crippen LogP contribution in [0.3, 0.4) is 0 Å². The van der Waals surface area contributed by atoms with Crippen molar-refractivity contribution >= 4 is 29.1 Å². The molecule has 0 aliphatic carbocycles. The first-order valence-corrected chi connectivity index (χ1v) is 8.13. The number of nitrogens with one attached hydrogen (secondary N) is 1. The van der Waals surface area contributed by atoms with Gasteiger partial charge in [-0.3, -0.25) is 25.1 Å². The van der Waals surface area contributed by atoms with Crippen LogP contribution in [0.25, 0.3) is 0 Å². The summed E-state index contributed by atoms with van der Waals surface area (Å²) in [5, 5.41) is 12.2. The van der Waals surface area contributed by atoms with E-state index in [9.17, 15) is 19.7 Å². The number of rotatable bonds is 3. The second-order valence-electron chi connectivity index (χ2n) is 6.54. The van der Waals surface area contributed by atoms with Gasteiger partial charge in [0.05, 0.1) is 21.0 Å². The lowest BCUT2D eigenvalue weighted by molar-refractivity contribution is -0.384. The summed E-state index contributed by atoms with van der Waals surface area (Å²) in [6.07, 6.45) is 0. The number of hydrazine groups is 1. The van der Waals surface area contributed by atoms with Crippen molar-refractivity contribution in [1.29, 1.82) is 0 Å². The highest BCUT2D eigenvalue weighted by Gasteiger charge is 2.30. The van der Waals surface area contributed by atoms with Crippen LogP contribution in [-0.4, -0.2) is 27.3 Å². The van der Waals surface area contributed by atoms with Crippen LogP contribution in [0, 0.1) is 10.1 Å². The van der Waals surface area contributed by atoms with Crippen LogP contribution in [0.5, 0.6) is 0 Å². The Kier molecular flexibility index (Phi) is 5.62. The van der Waals surface area contributed by atoms with Gasteiger partial charge in [-0.25, -0.2) is 5.01 Å². The van der Waals surface area contributed by atoms with Crippen LogP contribution in [0.15, 0.2) is 48.5 Å². The predicted molar refractivity (Wildman–Crippen MR) is 97.9 cm³/mol. The number of halogens is 1. The van der Waals surface area contributed by atoms with Crippen molar-refractivity contribution in [3.63, 3.8) is 0 Å². The number of carbonyl (C=O) groups is 2. The molecule has 8 heteroatoms. The van der Waals surface area contributed by atoms with Gasteiger partial charge in [0, 0.05) is 17.7 Å². The number of nitrogens with zero attached hydrogens (tertiary/aromatic N) is 2. The Bertz CT molecular complexity index is 844. The Morgan fingerprint density at radius 1 is 1.08 bits per heavy atom. The fourth-order valence-corrected chi connectivity index (χ4v) is 2.41. The lowest BCUT2D eigenvalue weighted by atomic mass is 10.1. The third kappa shape index (κ3) is 4.37.